The molecule has 12 heteroatoms. The number of benzene rings is 1. The average molecular weight is 465 g/mol. The molecule has 0 unspecified atom stereocenters. The van der Waals surface area contributed by atoms with E-state index in [0.717, 1.165) is 0 Å². The van der Waals surface area contributed by atoms with Crippen LogP contribution < -0.4 is 20.3 Å². The highest BCUT2D eigenvalue weighted by molar-refractivity contribution is 6.20. The number of aromatic amines is 1. The number of carbonyl (C=O) groups is 1. The van der Waals surface area contributed by atoms with Crippen molar-refractivity contribution in [1.82, 2.24) is 15.2 Å². The zero-order valence-corrected chi connectivity index (χ0v) is 17.3. The number of H-pyrrole nitrogens is 1. The molecule has 1 aliphatic rings. The van der Waals surface area contributed by atoms with E-state index in [9.17, 15) is 18.7 Å². The summed E-state index contributed by atoms with van der Waals surface area (Å²) in [5, 5.41) is 22.4. The number of amides is 1. The number of aliphatic hydroxyl groups is 1. The van der Waals surface area contributed by atoms with Crippen LogP contribution in [0.5, 0.6) is 5.75 Å². The lowest BCUT2D eigenvalue weighted by atomic mass is 10.2. The summed E-state index contributed by atoms with van der Waals surface area (Å²) in [7, 11) is 0. The van der Waals surface area contributed by atoms with Crippen LogP contribution in [0.4, 0.5) is 31.8 Å². The molecule has 2 aromatic heterocycles. The predicted octanol–water partition coefficient (Wildman–Crippen LogP) is 3.54. The summed E-state index contributed by atoms with van der Waals surface area (Å²) in [5.41, 5.74) is -2.62. The first kappa shape index (κ1) is 21.8. The van der Waals surface area contributed by atoms with Crippen LogP contribution in [0, 0.1) is 0 Å². The SMILES string of the molecule is O=C(Nc1ccc(OC(F)(F)Cl)cc1)c1cnc(N2CC[C@@H](O)C2)c(Nc2ccn[nH]2)c1. The smallest absolute Gasteiger partial charge is 0.420 e. The Hall–Kier alpha value is -3.44. The number of β-amino-alcohol motifs (C(OH)–C–C–N with tert-alkyl or cyclic N) is 1. The third-order valence-corrected chi connectivity index (χ3v) is 4.78. The van der Waals surface area contributed by atoms with Crippen molar-refractivity contribution < 1.29 is 23.4 Å². The van der Waals surface area contributed by atoms with E-state index < -0.39 is 17.6 Å². The van der Waals surface area contributed by atoms with Crippen LogP contribution in [-0.2, 0) is 0 Å². The summed E-state index contributed by atoms with van der Waals surface area (Å²) in [6, 6.07) is 8.70. The van der Waals surface area contributed by atoms with Crippen LogP contribution in [0.15, 0.2) is 48.8 Å². The number of aromatic nitrogens is 3. The topological polar surface area (TPSA) is 115 Å². The molecule has 3 heterocycles. The van der Waals surface area contributed by atoms with Gasteiger partial charge in [0.1, 0.15) is 11.6 Å². The fraction of sp³-hybridized carbons (Fsp3) is 0.250. The molecule has 1 amide bonds. The molecule has 9 nitrogen and oxygen atoms in total. The Kier molecular flexibility index (Phi) is 6.10. The minimum atomic E-state index is -3.82. The summed E-state index contributed by atoms with van der Waals surface area (Å²) in [6.07, 6.45) is 3.20. The van der Waals surface area contributed by atoms with Gasteiger partial charge in [-0.3, -0.25) is 9.89 Å². The van der Waals surface area contributed by atoms with E-state index in [4.69, 9.17) is 11.6 Å². The number of pyridine rings is 1. The summed E-state index contributed by atoms with van der Waals surface area (Å²) < 4.78 is 29.7. The van der Waals surface area contributed by atoms with Gasteiger partial charge in [-0.05, 0) is 36.8 Å². The van der Waals surface area contributed by atoms with Crippen molar-refractivity contribution in [1.29, 1.82) is 0 Å². The number of hydrogen-bond acceptors (Lipinski definition) is 7. The van der Waals surface area contributed by atoms with Gasteiger partial charge in [-0.15, -0.1) is 8.78 Å². The number of hydrogen-bond donors (Lipinski definition) is 4. The number of rotatable bonds is 7. The van der Waals surface area contributed by atoms with E-state index >= 15 is 0 Å². The minimum Gasteiger partial charge on any atom is -0.420 e. The van der Waals surface area contributed by atoms with Gasteiger partial charge >= 0.3 is 5.57 Å². The molecular weight excluding hydrogens is 446 g/mol. The van der Waals surface area contributed by atoms with Gasteiger partial charge in [-0.25, -0.2) is 4.98 Å². The normalized spacial score (nSPS) is 16.1. The number of ether oxygens (including phenoxy) is 1. The van der Waals surface area contributed by atoms with Gasteiger partial charge in [0.25, 0.3) is 5.91 Å². The molecule has 0 aliphatic carbocycles. The molecule has 1 atom stereocenters. The Bertz CT molecular complexity index is 1080. The van der Waals surface area contributed by atoms with Crippen molar-refractivity contribution in [3.05, 3.63) is 54.4 Å². The van der Waals surface area contributed by atoms with E-state index in [0.29, 0.717) is 42.5 Å². The summed E-state index contributed by atoms with van der Waals surface area (Å²) >= 11 is 4.74. The molecule has 1 fully saturated rings. The van der Waals surface area contributed by atoms with Crippen molar-refractivity contribution in [3.8, 4) is 5.75 Å². The quantitative estimate of drug-likeness (QED) is 0.395. The van der Waals surface area contributed by atoms with Crippen molar-refractivity contribution in [2.75, 3.05) is 28.6 Å². The Balaban J connectivity index is 1.53. The highest BCUT2D eigenvalue weighted by Gasteiger charge is 2.27. The van der Waals surface area contributed by atoms with E-state index in [1.807, 2.05) is 4.90 Å². The second kappa shape index (κ2) is 8.97. The van der Waals surface area contributed by atoms with Crippen LogP contribution in [0.25, 0.3) is 0 Å². The van der Waals surface area contributed by atoms with Crippen LogP contribution in [0.3, 0.4) is 0 Å². The van der Waals surface area contributed by atoms with Crippen molar-refractivity contribution in [2.24, 2.45) is 0 Å². The number of aliphatic hydroxyl groups excluding tert-OH is 1. The predicted molar refractivity (Wildman–Crippen MR) is 115 cm³/mol. The fourth-order valence-electron chi connectivity index (χ4n) is 3.27. The molecule has 1 saturated heterocycles. The fourth-order valence-corrected chi connectivity index (χ4v) is 3.36. The lowest BCUT2D eigenvalue weighted by Crippen LogP contribution is -2.24. The van der Waals surface area contributed by atoms with Crippen molar-refractivity contribution in [3.63, 3.8) is 0 Å². The van der Waals surface area contributed by atoms with E-state index in [-0.39, 0.29) is 11.3 Å². The first-order valence-corrected chi connectivity index (χ1v) is 10.0. The van der Waals surface area contributed by atoms with E-state index in [1.54, 1.807) is 18.3 Å². The Morgan fingerprint density at radius 1 is 1.31 bits per heavy atom. The summed E-state index contributed by atoms with van der Waals surface area (Å²) in [4.78, 5) is 19.1. The minimum absolute atomic E-state index is 0.145. The largest absolute Gasteiger partial charge is 0.487 e. The first-order valence-electron chi connectivity index (χ1n) is 9.63. The van der Waals surface area contributed by atoms with Crippen LogP contribution >= 0.6 is 11.6 Å². The van der Waals surface area contributed by atoms with E-state index in [2.05, 4.69) is 30.6 Å². The zero-order valence-electron chi connectivity index (χ0n) is 16.6. The molecule has 168 valence electrons. The summed E-state index contributed by atoms with van der Waals surface area (Å²) in [6.45, 7) is 1.07. The standard InChI is InChI=1S/C20H19ClF2N6O3/c21-20(22,23)32-15-3-1-13(2-4-15)26-19(31)12-9-16(27-17-5-7-25-28-17)18(24-10-12)29-8-6-14(30)11-29/h1-5,7,9-10,14,30H,6,8,11H2,(H,26,31)(H2,25,27,28)/t14-/m1/s1. The summed E-state index contributed by atoms with van der Waals surface area (Å²) in [5.74, 6) is 0.607. The molecule has 0 spiro atoms. The van der Waals surface area contributed by atoms with Crippen LogP contribution in [0.1, 0.15) is 16.8 Å². The van der Waals surface area contributed by atoms with Gasteiger partial charge in [0.05, 0.1) is 23.6 Å². The monoisotopic (exact) mass is 464 g/mol. The van der Waals surface area contributed by atoms with E-state index in [1.165, 1.54) is 30.5 Å². The maximum absolute atomic E-state index is 12.7. The zero-order chi connectivity index (χ0) is 22.7. The number of carbonyl (C=O) groups excluding carboxylic acids is 1. The maximum atomic E-state index is 12.7. The highest BCUT2D eigenvalue weighted by Crippen LogP contribution is 2.30. The molecule has 0 radical (unpaired) electrons. The number of anilines is 4. The molecule has 4 N–H and O–H groups in total. The van der Waals surface area contributed by atoms with Crippen molar-refractivity contribution in [2.45, 2.75) is 18.1 Å². The first-order chi connectivity index (χ1) is 15.3. The molecule has 4 rings (SSSR count). The van der Waals surface area contributed by atoms with Crippen LogP contribution in [-0.4, -0.2) is 51.0 Å². The van der Waals surface area contributed by atoms with Gasteiger partial charge in [0.15, 0.2) is 5.82 Å². The average Bonchev–Trinajstić information content (AvgIpc) is 3.40. The molecule has 0 bridgehead atoms. The number of nitrogens with one attached hydrogen (secondary N) is 3. The molecule has 0 saturated carbocycles. The second-order valence-electron chi connectivity index (χ2n) is 7.11. The third kappa shape index (κ3) is 5.42. The third-order valence-electron chi connectivity index (χ3n) is 4.71. The van der Waals surface area contributed by atoms with Gasteiger partial charge in [-0.2, -0.15) is 5.10 Å². The second-order valence-corrected chi connectivity index (χ2v) is 7.55. The molecule has 3 aromatic rings. The van der Waals surface area contributed by atoms with Gasteiger partial charge in [-0.1, -0.05) is 0 Å². The van der Waals surface area contributed by atoms with Gasteiger partial charge < -0.3 is 25.4 Å². The lowest BCUT2D eigenvalue weighted by molar-refractivity contribution is -0.0964. The molecule has 32 heavy (non-hydrogen) atoms. The van der Waals surface area contributed by atoms with Gasteiger partial charge in [0, 0.05) is 42.6 Å². The number of nitrogens with zero attached hydrogens (tertiary/aromatic N) is 3. The molecular formula is C20H19ClF2N6O3. The van der Waals surface area contributed by atoms with Crippen molar-refractivity contribution >= 4 is 40.5 Å². The maximum Gasteiger partial charge on any atom is 0.487 e. The number of halogens is 3. The Morgan fingerprint density at radius 2 is 2.09 bits per heavy atom. The molecule has 1 aliphatic heterocycles. The highest BCUT2D eigenvalue weighted by atomic mass is 35.5. The number of alkyl halides is 3. The van der Waals surface area contributed by atoms with Gasteiger partial charge in [0.2, 0.25) is 0 Å². The Morgan fingerprint density at radius 3 is 2.72 bits per heavy atom. The lowest BCUT2D eigenvalue weighted by Gasteiger charge is -2.21. The Labute approximate surface area is 186 Å². The van der Waals surface area contributed by atoms with Crippen LogP contribution in [0.2, 0.25) is 0 Å². The molecule has 1 aromatic carbocycles.